The first-order chi connectivity index (χ1) is 9.78. The fourth-order valence-electron chi connectivity index (χ4n) is 1.63. The van der Waals surface area contributed by atoms with Crippen LogP contribution in [0.5, 0.6) is 0 Å². The van der Waals surface area contributed by atoms with Gasteiger partial charge in [0.2, 0.25) is 0 Å². The van der Waals surface area contributed by atoms with Crippen molar-refractivity contribution in [2.45, 2.75) is 0 Å². The van der Waals surface area contributed by atoms with Crippen molar-refractivity contribution in [3.63, 3.8) is 0 Å². The van der Waals surface area contributed by atoms with Gasteiger partial charge in [-0.25, -0.2) is 4.39 Å². The maximum absolute atomic E-state index is 13.5. The van der Waals surface area contributed by atoms with Gasteiger partial charge in [0.05, 0.1) is 10.7 Å². The van der Waals surface area contributed by atoms with Crippen molar-refractivity contribution in [2.75, 3.05) is 12.3 Å². The number of thiocarbonyl (C=S) groups is 1. The molecule has 1 heterocycles. The summed E-state index contributed by atoms with van der Waals surface area (Å²) >= 11 is 5.95. The Morgan fingerprint density at radius 2 is 2.05 bits per heavy atom. The molecule has 9 heteroatoms. The third-order valence-electron chi connectivity index (χ3n) is 2.64. The molecule has 21 heavy (non-hydrogen) atoms. The number of rotatable bonds is 4. The standard InChI is InChI=1S/C12H10FNO4S3/c13-9-4-2-1-3-8(9)7-10-11(15)14(12(19)20-10)5-6-21(16,17)18/h1-4,7H,5-6H2,(H,16,17,18). The van der Waals surface area contributed by atoms with E-state index in [2.05, 4.69) is 0 Å². The van der Waals surface area contributed by atoms with Gasteiger partial charge in [0.1, 0.15) is 10.1 Å². The van der Waals surface area contributed by atoms with Crippen LogP contribution < -0.4 is 0 Å². The molecule has 1 amide bonds. The fraction of sp³-hybridized carbons (Fsp3) is 0.167. The molecule has 0 saturated carbocycles. The number of carbonyl (C=O) groups excluding carboxylic acids is 1. The lowest BCUT2D eigenvalue weighted by atomic mass is 10.2. The number of thioether (sulfide) groups is 1. The summed E-state index contributed by atoms with van der Waals surface area (Å²) in [5, 5.41) is 0. The molecule has 0 bridgehead atoms. The Bertz CT molecular complexity index is 730. The summed E-state index contributed by atoms with van der Waals surface area (Å²) in [6.07, 6.45) is 1.36. The first-order valence-corrected chi connectivity index (χ1v) is 8.56. The first-order valence-electron chi connectivity index (χ1n) is 5.73. The lowest BCUT2D eigenvalue weighted by Gasteiger charge is -2.12. The molecule has 5 nitrogen and oxygen atoms in total. The van der Waals surface area contributed by atoms with Crippen LogP contribution in [-0.2, 0) is 14.9 Å². The smallest absolute Gasteiger partial charge is 0.266 e. The van der Waals surface area contributed by atoms with Crippen molar-refractivity contribution < 1.29 is 22.2 Å². The summed E-state index contributed by atoms with van der Waals surface area (Å²) < 4.78 is 43.9. The monoisotopic (exact) mass is 347 g/mol. The number of hydrogen-bond acceptors (Lipinski definition) is 5. The third kappa shape index (κ3) is 4.10. The average Bonchev–Trinajstić information content (AvgIpc) is 2.64. The van der Waals surface area contributed by atoms with Crippen molar-refractivity contribution in [3.8, 4) is 0 Å². The van der Waals surface area contributed by atoms with Crippen LogP contribution in [0.15, 0.2) is 29.2 Å². The van der Waals surface area contributed by atoms with Crippen molar-refractivity contribution in [1.29, 1.82) is 0 Å². The molecule has 1 N–H and O–H groups in total. The van der Waals surface area contributed by atoms with E-state index in [4.69, 9.17) is 16.8 Å². The van der Waals surface area contributed by atoms with Crippen LogP contribution in [0.1, 0.15) is 5.56 Å². The Labute approximate surface area is 130 Å². The second-order valence-corrected chi connectivity index (χ2v) is 7.39. The van der Waals surface area contributed by atoms with Gasteiger partial charge < -0.3 is 0 Å². The highest BCUT2D eigenvalue weighted by molar-refractivity contribution is 8.26. The zero-order valence-corrected chi connectivity index (χ0v) is 13.0. The molecule has 2 rings (SSSR count). The molecule has 0 radical (unpaired) electrons. The Morgan fingerprint density at radius 3 is 2.67 bits per heavy atom. The van der Waals surface area contributed by atoms with Crippen molar-refractivity contribution in [2.24, 2.45) is 0 Å². The van der Waals surface area contributed by atoms with E-state index in [1.165, 1.54) is 24.3 Å². The minimum Gasteiger partial charge on any atom is -0.292 e. The zero-order valence-electron chi connectivity index (χ0n) is 10.5. The van der Waals surface area contributed by atoms with E-state index in [-0.39, 0.29) is 21.3 Å². The predicted octanol–water partition coefficient (Wildman–Crippen LogP) is 1.91. The van der Waals surface area contributed by atoms with Crippen LogP contribution in [0.2, 0.25) is 0 Å². The first kappa shape index (κ1) is 16.1. The van der Waals surface area contributed by atoms with E-state index in [1.54, 1.807) is 6.07 Å². The Balaban J connectivity index is 2.20. The van der Waals surface area contributed by atoms with Gasteiger partial charge >= 0.3 is 0 Å². The highest BCUT2D eigenvalue weighted by Crippen LogP contribution is 2.32. The molecule has 1 aliphatic rings. The van der Waals surface area contributed by atoms with E-state index in [9.17, 15) is 17.6 Å². The minimum absolute atomic E-state index is 0.172. The number of hydrogen-bond donors (Lipinski definition) is 1. The van der Waals surface area contributed by atoms with Crippen molar-refractivity contribution in [1.82, 2.24) is 4.90 Å². The van der Waals surface area contributed by atoms with Gasteiger partial charge in [0.25, 0.3) is 16.0 Å². The van der Waals surface area contributed by atoms with Crippen LogP contribution >= 0.6 is 24.0 Å². The molecule has 0 aliphatic carbocycles. The van der Waals surface area contributed by atoms with Gasteiger partial charge in [0.15, 0.2) is 0 Å². The molecule has 1 aromatic rings. The number of amides is 1. The lowest BCUT2D eigenvalue weighted by molar-refractivity contribution is -0.121. The largest absolute Gasteiger partial charge is 0.292 e. The summed E-state index contributed by atoms with van der Waals surface area (Å²) in [5.74, 6) is -1.58. The van der Waals surface area contributed by atoms with E-state index in [0.29, 0.717) is 0 Å². The number of halogens is 1. The molecule has 0 aromatic heterocycles. The van der Waals surface area contributed by atoms with Gasteiger partial charge in [-0.1, -0.05) is 42.2 Å². The van der Waals surface area contributed by atoms with E-state index < -0.39 is 27.6 Å². The van der Waals surface area contributed by atoms with Crippen molar-refractivity contribution >= 4 is 50.4 Å². The number of benzene rings is 1. The molecule has 1 fully saturated rings. The molecule has 0 atom stereocenters. The Hall–Kier alpha value is -1.29. The van der Waals surface area contributed by atoms with E-state index >= 15 is 0 Å². The van der Waals surface area contributed by atoms with Gasteiger partial charge in [-0.2, -0.15) is 8.42 Å². The SMILES string of the molecule is O=C1C(=Cc2ccccc2F)SC(=S)N1CCS(=O)(=O)O. The van der Waals surface area contributed by atoms with Crippen LogP contribution in [0, 0.1) is 5.82 Å². The topological polar surface area (TPSA) is 74.7 Å². The Kier molecular flexibility index (Phi) is 4.77. The normalized spacial score (nSPS) is 17.8. The summed E-state index contributed by atoms with van der Waals surface area (Å²) in [4.78, 5) is 13.4. The molecular formula is C12H10FNO4S3. The maximum Gasteiger partial charge on any atom is 0.266 e. The van der Waals surface area contributed by atoms with Crippen LogP contribution in [0.25, 0.3) is 6.08 Å². The molecule has 0 spiro atoms. The van der Waals surface area contributed by atoms with E-state index in [1.807, 2.05) is 0 Å². The second-order valence-electron chi connectivity index (χ2n) is 4.14. The molecule has 112 valence electrons. The second kappa shape index (κ2) is 6.22. The zero-order chi connectivity index (χ0) is 15.6. The van der Waals surface area contributed by atoms with Gasteiger partial charge in [-0.15, -0.1) is 0 Å². The number of carbonyl (C=O) groups is 1. The summed E-state index contributed by atoms with van der Waals surface area (Å²) in [7, 11) is -4.18. The highest BCUT2D eigenvalue weighted by atomic mass is 32.2. The lowest BCUT2D eigenvalue weighted by Crippen LogP contribution is -2.32. The maximum atomic E-state index is 13.5. The molecule has 1 aliphatic heterocycles. The van der Waals surface area contributed by atoms with E-state index in [0.717, 1.165) is 16.7 Å². The quantitative estimate of drug-likeness (QED) is 0.509. The van der Waals surface area contributed by atoms with Gasteiger partial charge in [0, 0.05) is 12.1 Å². The van der Waals surface area contributed by atoms with Crippen LogP contribution in [-0.4, -0.2) is 40.4 Å². The molecule has 1 saturated heterocycles. The fourth-order valence-corrected chi connectivity index (χ4v) is 3.35. The molecule has 0 unspecified atom stereocenters. The molecular weight excluding hydrogens is 337 g/mol. The average molecular weight is 347 g/mol. The minimum atomic E-state index is -4.18. The van der Waals surface area contributed by atoms with Crippen LogP contribution in [0.3, 0.4) is 0 Å². The molecule has 1 aromatic carbocycles. The third-order valence-corrected chi connectivity index (χ3v) is 4.71. The van der Waals surface area contributed by atoms with Gasteiger partial charge in [-0.3, -0.25) is 14.2 Å². The Morgan fingerprint density at radius 1 is 1.38 bits per heavy atom. The summed E-state index contributed by atoms with van der Waals surface area (Å²) in [6.45, 7) is -0.238. The van der Waals surface area contributed by atoms with Gasteiger partial charge in [-0.05, 0) is 12.1 Å². The number of nitrogens with zero attached hydrogens (tertiary/aromatic N) is 1. The predicted molar refractivity (Wildman–Crippen MR) is 82.7 cm³/mol. The highest BCUT2D eigenvalue weighted by Gasteiger charge is 2.32. The summed E-state index contributed by atoms with van der Waals surface area (Å²) in [6, 6.07) is 5.95. The van der Waals surface area contributed by atoms with Crippen molar-refractivity contribution in [3.05, 3.63) is 40.6 Å². The summed E-state index contributed by atoms with van der Waals surface area (Å²) in [5.41, 5.74) is 0.243. The van der Waals surface area contributed by atoms with Crippen LogP contribution in [0.4, 0.5) is 4.39 Å².